The molecule has 0 radical (unpaired) electrons. The van der Waals surface area contributed by atoms with Gasteiger partial charge in [-0.2, -0.15) is 0 Å². The molecule has 11 heteroatoms. The van der Waals surface area contributed by atoms with E-state index in [9.17, 15) is 24.5 Å². The number of furan rings is 1. The SMILES string of the molecule is O=C(Nc1ccc(S[C@@H](C(=O)Nc2ccc([N+](=O)[O-])cc2)c2ccccc2)cc1)/C(=C\c1ccc(-c2ccccc2)o1)NC(=O)c1ccccc1. The highest BCUT2D eigenvalue weighted by atomic mass is 32.2. The van der Waals surface area contributed by atoms with Crippen LogP contribution in [-0.2, 0) is 9.59 Å². The summed E-state index contributed by atoms with van der Waals surface area (Å²) in [5.74, 6) is -0.355. The first-order valence-corrected chi connectivity index (χ1v) is 16.6. The van der Waals surface area contributed by atoms with Gasteiger partial charge in [0.2, 0.25) is 5.91 Å². The molecule has 5 aromatic carbocycles. The molecule has 0 spiro atoms. The number of non-ortho nitro benzene ring substituents is 1. The summed E-state index contributed by atoms with van der Waals surface area (Å²) in [6.07, 6.45) is 1.47. The minimum atomic E-state index is -0.654. The van der Waals surface area contributed by atoms with E-state index < -0.39 is 22.0 Å². The van der Waals surface area contributed by atoms with Gasteiger partial charge in [-0.3, -0.25) is 24.5 Å². The van der Waals surface area contributed by atoms with Crippen molar-refractivity contribution in [1.82, 2.24) is 5.32 Å². The fraction of sp³-hybridized carbons (Fsp3) is 0.0250. The van der Waals surface area contributed by atoms with Gasteiger partial charge in [0.15, 0.2) is 0 Å². The number of nitrogens with one attached hydrogen (secondary N) is 3. The standard InChI is InChI=1S/C40H30N4O6S/c45-38(29-14-8-3-9-15-29)43-35(26-33-22-25-36(50-33)27-10-4-1-5-11-27)39(46)41-31-18-23-34(24-19-31)51-37(28-12-6-2-7-13-28)40(47)42-30-16-20-32(21-17-30)44(48)49/h1-26,37H,(H,41,46)(H,42,47)(H,43,45)/b35-26+/t37-/m1/s1. The van der Waals surface area contributed by atoms with Crippen molar-refractivity contribution >= 4 is 52.6 Å². The molecule has 252 valence electrons. The minimum Gasteiger partial charge on any atom is -0.457 e. The van der Waals surface area contributed by atoms with Crippen LogP contribution in [0, 0.1) is 10.1 Å². The van der Waals surface area contributed by atoms with Crippen molar-refractivity contribution in [3.05, 3.63) is 184 Å². The van der Waals surface area contributed by atoms with Gasteiger partial charge in [0, 0.05) is 45.6 Å². The highest BCUT2D eigenvalue weighted by molar-refractivity contribution is 8.00. The molecule has 3 N–H and O–H groups in total. The van der Waals surface area contributed by atoms with E-state index in [1.54, 1.807) is 66.7 Å². The number of hydrogen-bond acceptors (Lipinski definition) is 7. The number of thioether (sulfide) groups is 1. The van der Waals surface area contributed by atoms with E-state index in [4.69, 9.17) is 4.42 Å². The highest BCUT2D eigenvalue weighted by Crippen LogP contribution is 2.37. The number of hydrogen-bond donors (Lipinski definition) is 3. The van der Waals surface area contributed by atoms with Gasteiger partial charge >= 0.3 is 0 Å². The van der Waals surface area contributed by atoms with Gasteiger partial charge in [-0.25, -0.2) is 0 Å². The molecule has 0 bridgehead atoms. The summed E-state index contributed by atoms with van der Waals surface area (Å²) >= 11 is 1.31. The molecule has 0 aliphatic carbocycles. The molecule has 0 fully saturated rings. The van der Waals surface area contributed by atoms with Crippen LogP contribution < -0.4 is 16.0 Å². The Morgan fingerprint density at radius 3 is 1.92 bits per heavy atom. The Kier molecular flexibility index (Phi) is 10.8. The number of carbonyl (C=O) groups excluding carboxylic acids is 3. The maximum atomic E-state index is 13.6. The number of anilines is 2. The molecule has 51 heavy (non-hydrogen) atoms. The van der Waals surface area contributed by atoms with E-state index in [1.807, 2.05) is 60.7 Å². The average Bonchev–Trinajstić information content (AvgIpc) is 3.64. The molecular formula is C40H30N4O6S. The Bertz CT molecular complexity index is 2170. The fourth-order valence-electron chi connectivity index (χ4n) is 5.00. The van der Waals surface area contributed by atoms with E-state index in [0.717, 1.165) is 16.0 Å². The van der Waals surface area contributed by atoms with Crippen LogP contribution in [0.25, 0.3) is 17.4 Å². The third-order valence-corrected chi connectivity index (χ3v) is 8.82. The Hall–Kier alpha value is -6.72. The summed E-state index contributed by atoms with van der Waals surface area (Å²) in [6.45, 7) is 0. The predicted molar refractivity (Wildman–Crippen MR) is 198 cm³/mol. The monoisotopic (exact) mass is 694 g/mol. The quantitative estimate of drug-likeness (QED) is 0.0503. The van der Waals surface area contributed by atoms with Crippen molar-refractivity contribution in [2.75, 3.05) is 10.6 Å². The van der Waals surface area contributed by atoms with E-state index in [2.05, 4.69) is 16.0 Å². The molecule has 3 amide bonds. The first-order valence-electron chi connectivity index (χ1n) is 15.7. The Morgan fingerprint density at radius 2 is 1.27 bits per heavy atom. The molecule has 0 saturated heterocycles. The van der Waals surface area contributed by atoms with Gasteiger partial charge in [0.05, 0.1) is 4.92 Å². The van der Waals surface area contributed by atoms with Crippen molar-refractivity contribution in [1.29, 1.82) is 0 Å². The zero-order valence-electron chi connectivity index (χ0n) is 26.9. The Morgan fingerprint density at radius 1 is 0.686 bits per heavy atom. The summed E-state index contributed by atoms with van der Waals surface area (Å²) in [5.41, 5.74) is 2.80. The number of nitro groups is 1. The molecule has 1 heterocycles. The lowest BCUT2D eigenvalue weighted by molar-refractivity contribution is -0.384. The fourth-order valence-corrected chi connectivity index (χ4v) is 6.02. The Balaban J connectivity index is 1.19. The first kappa shape index (κ1) is 34.2. The predicted octanol–water partition coefficient (Wildman–Crippen LogP) is 8.74. The lowest BCUT2D eigenvalue weighted by Crippen LogP contribution is -2.30. The molecule has 0 unspecified atom stereocenters. The smallest absolute Gasteiger partial charge is 0.272 e. The molecule has 6 rings (SSSR count). The number of amides is 3. The van der Waals surface area contributed by atoms with Gasteiger partial charge < -0.3 is 20.4 Å². The van der Waals surface area contributed by atoms with E-state index in [1.165, 1.54) is 42.1 Å². The second-order valence-electron chi connectivity index (χ2n) is 11.1. The summed E-state index contributed by atoms with van der Waals surface area (Å²) in [4.78, 5) is 51.4. The van der Waals surface area contributed by atoms with E-state index in [0.29, 0.717) is 28.5 Å². The zero-order chi connectivity index (χ0) is 35.6. The number of nitrogens with zero attached hydrogens (tertiary/aromatic N) is 1. The van der Waals surface area contributed by atoms with Crippen LogP contribution in [0.1, 0.15) is 26.9 Å². The van der Waals surface area contributed by atoms with Gasteiger partial charge in [0.25, 0.3) is 17.5 Å². The van der Waals surface area contributed by atoms with Crippen molar-refractivity contribution in [2.24, 2.45) is 0 Å². The van der Waals surface area contributed by atoms with Crippen LogP contribution in [0.15, 0.2) is 167 Å². The molecule has 10 nitrogen and oxygen atoms in total. The summed E-state index contributed by atoms with van der Waals surface area (Å²) in [6, 6.07) is 43.4. The van der Waals surface area contributed by atoms with Crippen molar-refractivity contribution in [3.63, 3.8) is 0 Å². The topological polar surface area (TPSA) is 144 Å². The number of nitro benzene ring substituents is 1. The maximum absolute atomic E-state index is 13.6. The van der Waals surface area contributed by atoms with Crippen molar-refractivity contribution < 1.29 is 23.7 Å². The normalized spacial score (nSPS) is 11.6. The summed E-state index contributed by atoms with van der Waals surface area (Å²) in [7, 11) is 0. The van der Waals surface area contributed by atoms with E-state index in [-0.39, 0.29) is 17.3 Å². The highest BCUT2D eigenvalue weighted by Gasteiger charge is 2.23. The molecule has 0 saturated carbocycles. The van der Waals surface area contributed by atoms with Gasteiger partial charge in [-0.1, -0.05) is 78.9 Å². The maximum Gasteiger partial charge on any atom is 0.272 e. The number of rotatable bonds is 12. The molecule has 6 aromatic rings. The molecule has 1 aromatic heterocycles. The van der Waals surface area contributed by atoms with E-state index >= 15 is 0 Å². The van der Waals surface area contributed by atoms with Crippen LogP contribution in [0.5, 0.6) is 0 Å². The lowest BCUT2D eigenvalue weighted by atomic mass is 10.1. The average molecular weight is 695 g/mol. The van der Waals surface area contributed by atoms with Crippen molar-refractivity contribution in [3.8, 4) is 11.3 Å². The van der Waals surface area contributed by atoms with Crippen LogP contribution in [0.2, 0.25) is 0 Å². The number of carbonyl (C=O) groups is 3. The second-order valence-corrected chi connectivity index (χ2v) is 12.3. The number of benzene rings is 5. The van der Waals surface area contributed by atoms with Gasteiger partial charge in [-0.15, -0.1) is 11.8 Å². The van der Waals surface area contributed by atoms with Crippen LogP contribution in [0.3, 0.4) is 0 Å². The van der Waals surface area contributed by atoms with Crippen LogP contribution >= 0.6 is 11.8 Å². The zero-order valence-corrected chi connectivity index (χ0v) is 27.7. The van der Waals surface area contributed by atoms with Gasteiger partial charge in [-0.05, 0) is 66.2 Å². The molecule has 0 aliphatic rings. The van der Waals surface area contributed by atoms with Crippen LogP contribution in [-0.4, -0.2) is 22.6 Å². The molecule has 1 atom stereocenters. The third-order valence-electron chi connectivity index (χ3n) is 7.55. The molecular weight excluding hydrogens is 665 g/mol. The minimum absolute atomic E-state index is 0.0247. The summed E-state index contributed by atoms with van der Waals surface area (Å²) < 4.78 is 5.98. The largest absolute Gasteiger partial charge is 0.457 e. The van der Waals surface area contributed by atoms with Crippen molar-refractivity contribution in [2.45, 2.75) is 10.1 Å². The first-order chi connectivity index (χ1) is 24.8. The summed E-state index contributed by atoms with van der Waals surface area (Å²) in [5, 5.41) is 18.8. The van der Waals surface area contributed by atoms with Gasteiger partial charge in [0.1, 0.15) is 22.5 Å². The van der Waals surface area contributed by atoms with Crippen LogP contribution in [0.4, 0.5) is 17.1 Å². The third kappa shape index (κ3) is 9.05. The molecule has 0 aliphatic heterocycles. The lowest BCUT2D eigenvalue weighted by Gasteiger charge is -2.17. The second kappa shape index (κ2) is 16.1. The Labute approximate surface area is 297 Å².